The summed E-state index contributed by atoms with van der Waals surface area (Å²) in [7, 11) is 2.23. The minimum absolute atomic E-state index is 0.113. The molecule has 1 rings (SSSR count). The molecule has 21 heavy (non-hydrogen) atoms. The van der Waals surface area contributed by atoms with Crippen LogP contribution in [0.4, 0.5) is 0 Å². The SMILES string of the molecule is CC(C)CC1CCN(C)CC1.CC(C)NC(=O)C(C)(C)C. The van der Waals surface area contributed by atoms with Crippen molar-refractivity contribution in [1.82, 2.24) is 10.2 Å². The second-order valence-electron chi connectivity index (χ2n) is 8.25. The molecule has 1 aliphatic heterocycles. The highest BCUT2D eigenvalue weighted by Crippen LogP contribution is 2.22. The first-order valence-electron chi connectivity index (χ1n) is 8.51. The number of amides is 1. The van der Waals surface area contributed by atoms with Gasteiger partial charge < -0.3 is 10.2 Å². The predicted molar refractivity (Wildman–Crippen MR) is 92.4 cm³/mol. The maximum absolute atomic E-state index is 11.2. The van der Waals surface area contributed by atoms with E-state index in [1.165, 1.54) is 32.4 Å². The quantitative estimate of drug-likeness (QED) is 0.856. The molecular weight excluding hydrogens is 260 g/mol. The van der Waals surface area contributed by atoms with Gasteiger partial charge in [0.15, 0.2) is 0 Å². The van der Waals surface area contributed by atoms with E-state index in [0.29, 0.717) is 0 Å². The Morgan fingerprint density at radius 2 is 1.62 bits per heavy atom. The molecule has 1 heterocycles. The van der Waals surface area contributed by atoms with Gasteiger partial charge in [-0.3, -0.25) is 4.79 Å². The topological polar surface area (TPSA) is 32.3 Å². The van der Waals surface area contributed by atoms with Gasteiger partial charge in [-0.05, 0) is 65.1 Å². The number of hydrogen-bond acceptors (Lipinski definition) is 2. The molecule has 0 aromatic rings. The fourth-order valence-corrected chi connectivity index (χ4v) is 2.44. The van der Waals surface area contributed by atoms with Crippen molar-refractivity contribution in [2.45, 2.75) is 73.8 Å². The van der Waals surface area contributed by atoms with Crippen LogP contribution in [0.25, 0.3) is 0 Å². The highest BCUT2D eigenvalue weighted by atomic mass is 16.2. The van der Waals surface area contributed by atoms with E-state index in [2.05, 4.69) is 31.1 Å². The smallest absolute Gasteiger partial charge is 0.225 e. The first kappa shape index (κ1) is 20.4. The van der Waals surface area contributed by atoms with Crippen molar-refractivity contribution in [1.29, 1.82) is 0 Å². The van der Waals surface area contributed by atoms with Crippen molar-refractivity contribution in [3.8, 4) is 0 Å². The minimum Gasteiger partial charge on any atom is -0.353 e. The van der Waals surface area contributed by atoms with Gasteiger partial charge in [-0.1, -0.05) is 34.6 Å². The lowest BCUT2D eigenvalue weighted by atomic mass is 9.89. The largest absolute Gasteiger partial charge is 0.353 e. The number of likely N-dealkylation sites (tertiary alicyclic amines) is 1. The van der Waals surface area contributed by atoms with Crippen molar-refractivity contribution in [3.05, 3.63) is 0 Å². The van der Waals surface area contributed by atoms with Gasteiger partial charge in [-0.25, -0.2) is 0 Å². The fraction of sp³-hybridized carbons (Fsp3) is 0.944. The molecule has 1 saturated heterocycles. The maximum Gasteiger partial charge on any atom is 0.225 e. The number of carbonyl (C=O) groups excluding carboxylic acids is 1. The Morgan fingerprint density at radius 3 is 1.90 bits per heavy atom. The molecule has 1 fully saturated rings. The minimum atomic E-state index is -0.260. The third kappa shape index (κ3) is 10.8. The highest BCUT2D eigenvalue weighted by Gasteiger charge is 2.21. The van der Waals surface area contributed by atoms with Crippen LogP contribution in [0.5, 0.6) is 0 Å². The van der Waals surface area contributed by atoms with E-state index in [1.807, 2.05) is 34.6 Å². The Labute approximate surface area is 132 Å². The average molecular weight is 299 g/mol. The number of nitrogens with one attached hydrogen (secondary N) is 1. The van der Waals surface area contributed by atoms with Gasteiger partial charge in [0.25, 0.3) is 0 Å². The molecule has 0 bridgehead atoms. The van der Waals surface area contributed by atoms with E-state index in [0.717, 1.165) is 11.8 Å². The normalized spacial score (nSPS) is 17.6. The molecule has 0 saturated carbocycles. The third-order valence-electron chi connectivity index (χ3n) is 3.74. The standard InChI is InChI=1S/C10H21N.C8H17NO/c1-9(2)8-10-4-6-11(3)7-5-10;1-6(2)9-7(10)8(3,4)5/h9-10H,4-8H2,1-3H3;6H,1-5H3,(H,9,10). The summed E-state index contributed by atoms with van der Waals surface area (Å²) in [6.45, 7) is 16.9. The van der Waals surface area contributed by atoms with Gasteiger partial charge in [0.1, 0.15) is 0 Å². The zero-order chi connectivity index (χ0) is 16.6. The first-order chi connectivity index (χ1) is 9.52. The van der Waals surface area contributed by atoms with Gasteiger partial charge in [0.2, 0.25) is 5.91 Å². The van der Waals surface area contributed by atoms with Crippen molar-refractivity contribution < 1.29 is 4.79 Å². The maximum atomic E-state index is 11.2. The molecule has 0 atom stereocenters. The lowest BCUT2D eigenvalue weighted by molar-refractivity contribution is -0.129. The van der Waals surface area contributed by atoms with Crippen LogP contribution >= 0.6 is 0 Å². The summed E-state index contributed by atoms with van der Waals surface area (Å²) in [6.07, 6.45) is 4.29. The summed E-state index contributed by atoms with van der Waals surface area (Å²) in [5.74, 6) is 2.03. The van der Waals surface area contributed by atoms with E-state index in [-0.39, 0.29) is 17.4 Å². The number of nitrogens with zero attached hydrogens (tertiary/aromatic N) is 1. The molecule has 1 aliphatic rings. The molecule has 126 valence electrons. The zero-order valence-corrected chi connectivity index (χ0v) is 15.6. The van der Waals surface area contributed by atoms with Crippen LogP contribution in [0.2, 0.25) is 0 Å². The van der Waals surface area contributed by atoms with Crippen LogP contribution < -0.4 is 5.32 Å². The second kappa shape index (κ2) is 9.45. The highest BCUT2D eigenvalue weighted by molar-refractivity contribution is 5.81. The Balaban J connectivity index is 0.000000384. The van der Waals surface area contributed by atoms with E-state index in [9.17, 15) is 4.79 Å². The fourth-order valence-electron chi connectivity index (χ4n) is 2.44. The summed E-state index contributed by atoms with van der Waals surface area (Å²) >= 11 is 0. The van der Waals surface area contributed by atoms with Gasteiger partial charge in [0.05, 0.1) is 0 Å². The molecular formula is C18H38N2O. The number of carbonyl (C=O) groups is 1. The van der Waals surface area contributed by atoms with Crippen LogP contribution in [0.1, 0.15) is 67.7 Å². The van der Waals surface area contributed by atoms with Crippen LogP contribution in [0.15, 0.2) is 0 Å². The van der Waals surface area contributed by atoms with Gasteiger partial charge in [-0.15, -0.1) is 0 Å². The summed E-state index contributed by atoms with van der Waals surface area (Å²) in [5.41, 5.74) is -0.260. The van der Waals surface area contributed by atoms with Crippen LogP contribution in [-0.2, 0) is 4.79 Å². The van der Waals surface area contributed by atoms with Gasteiger partial charge >= 0.3 is 0 Å². The Hall–Kier alpha value is -0.570. The monoisotopic (exact) mass is 298 g/mol. The summed E-state index contributed by atoms with van der Waals surface area (Å²) in [5, 5.41) is 2.84. The van der Waals surface area contributed by atoms with E-state index < -0.39 is 0 Å². The van der Waals surface area contributed by atoms with Crippen molar-refractivity contribution >= 4 is 5.91 Å². The van der Waals surface area contributed by atoms with Crippen LogP contribution in [0, 0.1) is 17.3 Å². The third-order valence-corrected chi connectivity index (χ3v) is 3.74. The van der Waals surface area contributed by atoms with Gasteiger partial charge in [0, 0.05) is 11.5 Å². The van der Waals surface area contributed by atoms with Crippen molar-refractivity contribution in [2.24, 2.45) is 17.3 Å². The van der Waals surface area contributed by atoms with E-state index in [1.54, 1.807) is 0 Å². The number of hydrogen-bond donors (Lipinski definition) is 1. The molecule has 0 unspecified atom stereocenters. The van der Waals surface area contributed by atoms with Crippen molar-refractivity contribution in [2.75, 3.05) is 20.1 Å². The molecule has 0 radical (unpaired) electrons. The molecule has 1 amide bonds. The number of piperidine rings is 1. The first-order valence-corrected chi connectivity index (χ1v) is 8.51. The van der Waals surface area contributed by atoms with E-state index in [4.69, 9.17) is 0 Å². The second-order valence-corrected chi connectivity index (χ2v) is 8.25. The van der Waals surface area contributed by atoms with Crippen LogP contribution in [0.3, 0.4) is 0 Å². The van der Waals surface area contributed by atoms with Gasteiger partial charge in [-0.2, -0.15) is 0 Å². The lowest BCUT2D eigenvalue weighted by Crippen LogP contribution is -2.38. The average Bonchev–Trinajstić information content (AvgIpc) is 2.30. The molecule has 0 aromatic heterocycles. The Morgan fingerprint density at radius 1 is 1.14 bits per heavy atom. The Bertz CT molecular complexity index is 284. The molecule has 3 heteroatoms. The summed E-state index contributed by atoms with van der Waals surface area (Å²) in [6, 6.07) is 0.242. The van der Waals surface area contributed by atoms with Crippen LogP contribution in [-0.4, -0.2) is 37.0 Å². The predicted octanol–water partition coefficient (Wildman–Crippen LogP) is 3.93. The molecule has 1 N–H and O–H groups in total. The Kier molecular flexibility index (Phi) is 9.19. The lowest BCUT2D eigenvalue weighted by Gasteiger charge is -2.29. The molecule has 0 spiro atoms. The molecule has 0 aliphatic carbocycles. The number of rotatable bonds is 3. The summed E-state index contributed by atoms with van der Waals surface area (Å²) in [4.78, 5) is 13.6. The molecule has 0 aromatic carbocycles. The zero-order valence-electron chi connectivity index (χ0n) is 15.6. The summed E-state index contributed by atoms with van der Waals surface area (Å²) < 4.78 is 0. The molecule has 3 nitrogen and oxygen atoms in total. The van der Waals surface area contributed by atoms with E-state index >= 15 is 0 Å². The van der Waals surface area contributed by atoms with Crippen molar-refractivity contribution in [3.63, 3.8) is 0 Å².